The Morgan fingerprint density at radius 3 is 2.05 bits per heavy atom. The van der Waals surface area contributed by atoms with Gasteiger partial charge in [-0.1, -0.05) is 39.3 Å². The molecule has 3 heteroatoms. The molecule has 0 saturated heterocycles. The molecule has 0 aliphatic carbocycles. The number of nitrogens with two attached hydrogens (primary N) is 1. The van der Waals surface area contributed by atoms with E-state index in [0.29, 0.717) is 0 Å². The van der Waals surface area contributed by atoms with Crippen molar-refractivity contribution in [3.63, 3.8) is 0 Å². The second-order valence-corrected chi connectivity index (χ2v) is 6.73. The molecule has 0 amide bonds. The molecule has 0 aromatic heterocycles. The molecule has 0 spiro atoms. The summed E-state index contributed by atoms with van der Waals surface area (Å²) in [5, 5.41) is 0.805. The summed E-state index contributed by atoms with van der Waals surface area (Å²) in [5.41, 5.74) is 8.28. The van der Waals surface area contributed by atoms with Gasteiger partial charge in [-0.25, -0.2) is 0 Å². The minimum absolute atomic E-state index is 0.00310. The fraction of sp³-hybridized carbons (Fsp3) is 0.625. The van der Waals surface area contributed by atoms with Gasteiger partial charge in [0.05, 0.1) is 0 Å². The largest absolute Gasteiger partial charge is 0.488 e. The average molecular weight is 284 g/mol. The summed E-state index contributed by atoms with van der Waals surface area (Å²) in [4.78, 5) is 0. The van der Waals surface area contributed by atoms with Crippen LogP contribution in [0.25, 0.3) is 0 Å². The van der Waals surface area contributed by atoms with Crippen LogP contribution in [0.15, 0.2) is 12.1 Å². The van der Waals surface area contributed by atoms with Crippen LogP contribution >= 0.6 is 11.6 Å². The zero-order chi connectivity index (χ0) is 14.8. The molecule has 0 radical (unpaired) electrons. The second-order valence-electron chi connectivity index (χ2n) is 6.35. The number of hydrogen-bond donors (Lipinski definition) is 1. The van der Waals surface area contributed by atoms with E-state index in [2.05, 4.69) is 27.7 Å². The third-order valence-electron chi connectivity index (χ3n) is 3.39. The van der Waals surface area contributed by atoms with Gasteiger partial charge in [0.15, 0.2) is 0 Å². The van der Waals surface area contributed by atoms with Gasteiger partial charge in [0.1, 0.15) is 11.9 Å². The minimum Gasteiger partial charge on any atom is -0.488 e. The minimum atomic E-state index is -0.0162. The first-order valence-corrected chi connectivity index (χ1v) is 7.23. The molecule has 0 fully saturated rings. The first kappa shape index (κ1) is 16.3. The standard InChI is InChI=1S/C16H26ClNO/c1-7-13(18)15(16(4,5)6)19-12-8-10(2)14(17)11(3)9-12/h8-9,13,15H,7,18H2,1-6H3. The van der Waals surface area contributed by atoms with Crippen molar-refractivity contribution in [2.45, 2.75) is 60.1 Å². The molecule has 19 heavy (non-hydrogen) atoms. The van der Waals surface area contributed by atoms with Gasteiger partial charge in [0.2, 0.25) is 0 Å². The summed E-state index contributed by atoms with van der Waals surface area (Å²) in [7, 11) is 0. The van der Waals surface area contributed by atoms with Crippen LogP contribution in [0.2, 0.25) is 5.02 Å². The monoisotopic (exact) mass is 283 g/mol. The van der Waals surface area contributed by atoms with Crippen molar-refractivity contribution in [2.24, 2.45) is 11.1 Å². The Bertz CT molecular complexity index is 414. The van der Waals surface area contributed by atoms with Crippen LogP contribution in [-0.2, 0) is 0 Å². The van der Waals surface area contributed by atoms with Gasteiger partial charge >= 0.3 is 0 Å². The third-order valence-corrected chi connectivity index (χ3v) is 3.98. The highest BCUT2D eigenvalue weighted by Crippen LogP contribution is 2.31. The normalized spacial score (nSPS) is 15.2. The number of aryl methyl sites for hydroxylation is 2. The Hall–Kier alpha value is -0.730. The van der Waals surface area contributed by atoms with Gasteiger partial charge in [0.25, 0.3) is 0 Å². The smallest absolute Gasteiger partial charge is 0.120 e. The third kappa shape index (κ3) is 4.12. The molecule has 2 nitrogen and oxygen atoms in total. The fourth-order valence-corrected chi connectivity index (χ4v) is 2.35. The SMILES string of the molecule is CCC(N)C(Oc1cc(C)c(Cl)c(C)c1)C(C)(C)C. The van der Waals surface area contributed by atoms with Crippen molar-refractivity contribution in [2.75, 3.05) is 0 Å². The number of benzene rings is 1. The predicted molar refractivity (Wildman–Crippen MR) is 83.1 cm³/mol. The summed E-state index contributed by atoms with van der Waals surface area (Å²) in [6.45, 7) is 12.5. The Kier molecular flexibility index (Phi) is 5.28. The average Bonchev–Trinajstić information content (AvgIpc) is 2.30. The first-order chi connectivity index (χ1) is 8.66. The van der Waals surface area contributed by atoms with E-state index in [1.54, 1.807) is 0 Å². The lowest BCUT2D eigenvalue weighted by molar-refractivity contribution is 0.0621. The van der Waals surface area contributed by atoms with Gasteiger partial charge in [-0.05, 0) is 43.5 Å². The molecular weight excluding hydrogens is 258 g/mol. The van der Waals surface area contributed by atoms with Crippen LogP contribution in [-0.4, -0.2) is 12.1 Å². The van der Waals surface area contributed by atoms with E-state index >= 15 is 0 Å². The van der Waals surface area contributed by atoms with Crippen LogP contribution in [0, 0.1) is 19.3 Å². The van der Waals surface area contributed by atoms with Gasteiger partial charge in [-0.15, -0.1) is 0 Å². The van der Waals surface area contributed by atoms with E-state index in [1.807, 2.05) is 26.0 Å². The van der Waals surface area contributed by atoms with Crippen LogP contribution in [0.5, 0.6) is 5.75 Å². The highest BCUT2D eigenvalue weighted by molar-refractivity contribution is 6.32. The zero-order valence-corrected chi connectivity index (χ0v) is 13.6. The zero-order valence-electron chi connectivity index (χ0n) is 12.9. The fourth-order valence-electron chi connectivity index (χ4n) is 2.24. The van der Waals surface area contributed by atoms with E-state index < -0.39 is 0 Å². The first-order valence-electron chi connectivity index (χ1n) is 6.85. The summed E-state index contributed by atoms with van der Waals surface area (Å²) in [5.74, 6) is 0.850. The molecule has 2 atom stereocenters. The molecule has 0 aliphatic rings. The van der Waals surface area contributed by atoms with Gasteiger partial charge in [-0.2, -0.15) is 0 Å². The molecule has 1 aromatic rings. The molecule has 0 heterocycles. The lowest BCUT2D eigenvalue weighted by Crippen LogP contribution is -2.47. The van der Waals surface area contributed by atoms with Crippen molar-refractivity contribution >= 4 is 11.6 Å². The van der Waals surface area contributed by atoms with Crippen LogP contribution in [0.3, 0.4) is 0 Å². The van der Waals surface area contributed by atoms with E-state index in [4.69, 9.17) is 22.1 Å². The lowest BCUT2D eigenvalue weighted by atomic mass is 9.84. The van der Waals surface area contributed by atoms with E-state index in [0.717, 1.165) is 28.3 Å². The Morgan fingerprint density at radius 1 is 1.21 bits per heavy atom. The van der Waals surface area contributed by atoms with Crippen molar-refractivity contribution in [3.8, 4) is 5.75 Å². The van der Waals surface area contributed by atoms with Crippen molar-refractivity contribution in [3.05, 3.63) is 28.3 Å². The summed E-state index contributed by atoms with van der Waals surface area (Å²) in [6, 6.07) is 3.99. The molecule has 1 aromatic carbocycles. The van der Waals surface area contributed by atoms with Gasteiger partial charge in [0, 0.05) is 16.5 Å². The molecule has 2 N–H and O–H groups in total. The van der Waals surface area contributed by atoms with Crippen molar-refractivity contribution in [1.29, 1.82) is 0 Å². The lowest BCUT2D eigenvalue weighted by Gasteiger charge is -2.35. The highest BCUT2D eigenvalue weighted by atomic mass is 35.5. The second kappa shape index (κ2) is 6.15. The van der Waals surface area contributed by atoms with E-state index in [9.17, 15) is 0 Å². The topological polar surface area (TPSA) is 35.2 Å². The Morgan fingerprint density at radius 2 is 1.68 bits per heavy atom. The molecule has 0 saturated carbocycles. The number of ether oxygens (including phenoxy) is 1. The quantitative estimate of drug-likeness (QED) is 0.884. The Balaban J connectivity index is 3.04. The van der Waals surface area contributed by atoms with E-state index in [1.165, 1.54) is 0 Å². The van der Waals surface area contributed by atoms with Crippen LogP contribution in [0.1, 0.15) is 45.2 Å². The van der Waals surface area contributed by atoms with Crippen LogP contribution in [0.4, 0.5) is 0 Å². The molecule has 0 bridgehead atoms. The molecule has 2 unspecified atom stereocenters. The number of rotatable bonds is 4. The van der Waals surface area contributed by atoms with Crippen molar-refractivity contribution < 1.29 is 4.74 Å². The highest BCUT2D eigenvalue weighted by Gasteiger charge is 2.31. The summed E-state index contributed by atoms with van der Waals surface area (Å²) in [6.07, 6.45) is 0.880. The van der Waals surface area contributed by atoms with Crippen LogP contribution < -0.4 is 10.5 Å². The van der Waals surface area contributed by atoms with Gasteiger partial charge in [-0.3, -0.25) is 0 Å². The number of hydrogen-bond acceptors (Lipinski definition) is 2. The van der Waals surface area contributed by atoms with E-state index in [-0.39, 0.29) is 17.6 Å². The summed E-state index contributed by atoms with van der Waals surface area (Å²) < 4.78 is 6.16. The maximum atomic E-state index is 6.21. The van der Waals surface area contributed by atoms with Crippen molar-refractivity contribution in [1.82, 2.24) is 0 Å². The molecule has 0 aliphatic heterocycles. The predicted octanol–water partition coefficient (Wildman–Crippen LogP) is 4.49. The molecular formula is C16H26ClNO. The molecule has 108 valence electrons. The van der Waals surface area contributed by atoms with Gasteiger partial charge < -0.3 is 10.5 Å². The maximum Gasteiger partial charge on any atom is 0.120 e. The summed E-state index contributed by atoms with van der Waals surface area (Å²) >= 11 is 6.19. The Labute approximate surface area is 122 Å². The maximum absolute atomic E-state index is 6.21. The number of halogens is 1. The molecule has 1 rings (SSSR count).